The van der Waals surface area contributed by atoms with Gasteiger partial charge in [0.25, 0.3) is 0 Å². The summed E-state index contributed by atoms with van der Waals surface area (Å²) in [5.41, 5.74) is 1.15. The lowest BCUT2D eigenvalue weighted by Gasteiger charge is -2.33. The Morgan fingerprint density at radius 1 is 1.26 bits per heavy atom. The fourth-order valence-corrected chi connectivity index (χ4v) is 3.72. The van der Waals surface area contributed by atoms with Crippen molar-refractivity contribution in [3.8, 4) is 0 Å². The number of nitrogens with zero attached hydrogens (tertiary/aromatic N) is 5. The van der Waals surface area contributed by atoms with E-state index in [-0.39, 0.29) is 0 Å². The van der Waals surface area contributed by atoms with E-state index in [4.69, 9.17) is 9.73 Å². The zero-order valence-electron chi connectivity index (χ0n) is 17.0. The number of nitrogens with one attached hydrogen (secondary N) is 1. The Morgan fingerprint density at radius 3 is 2.74 bits per heavy atom. The van der Waals surface area contributed by atoms with Gasteiger partial charge in [0.05, 0.1) is 13.2 Å². The second-order valence-corrected chi connectivity index (χ2v) is 7.54. The molecule has 3 rings (SSSR count). The lowest BCUT2D eigenvalue weighted by atomic mass is 10.1. The molecule has 2 aliphatic heterocycles. The lowest BCUT2D eigenvalue weighted by molar-refractivity contribution is 0.157. The number of ether oxygens (including phenoxy) is 1. The average molecular weight is 375 g/mol. The highest BCUT2D eigenvalue weighted by Gasteiger charge is 2.24. The van der Waals surface area contributed by atoms with Crippen LogP contribution in [-0.2, 0) is 11.3 Å². The molecule has 0 aliphatic carbocycles. The molecule has 1 unspecified atom stereocenters. The summed E-state index contributed by atoms with van der Waals surface area (Å²) in [6.07, 6.45) is 3.14. The van der Waals surface area contributed by atoms with Crippen LogP contribution in [0.3, 0.4) is 0 Å². The Labute approximate surface area is 163 Å². The Hall–Kier alpha value is -1.86. The van der Waals surface area contributed by atoms with Crippen molar-refractivity contribution in [3.05, 3.63) is 23.9 Å². The van der Waals surface area contributed by atoms with E-state index in [0.29, 0.717) is 12.5 Å². The number of guanidine groups is 1. The fourth-order valence-electron chi connectivity index (χ4n) is 3.72. The summed E-state index contributed by atoms with van der Waals surface area (Å²) in [5.74, 6) is 2.67. The van der Waals surface area contributed by atoms with Gasteiger partial charge in [0.2, 0.25) is 0 Å². The Balaban J connectivity index is 1.57. The van der Waals surface area contributed by atoms with Gasteiger partial charge in [-0.25, -0.2) is 9.98 Å². The molecule has 0 bridgehead atoms. The van der Waals surface area contributed by atoms with Crippen LogP contribution in [0.1, 0.15) is 18.9 Å². The van der Waals surface area contributed by atoms with Crippen LogP contribution in [0.15, 0.2) is 23.3 Å². The monoisotopic (exact) mass is 374 g/mol. The molecular formula is C20H34N6O. The molecule has 1 aromatic heterocycles. The van der Waals surface area contributed by atoms with Gasteiger partial charge in [-0.1, -0.05) is 6.07 Å². The minimum atomic E-state index is 0.600. The van der Waals surface area contributed by atoms with Crippen molar-refractivity contribution in [1.29, 1.82) is 0 Å². The van der Waals surface area contributed by atoms with Crippen LogP contribution in [0.2, 0.25) is 0 Å². The lowest BCUT2D eigenvalue weighted by Crippen LogP contribution is -2.44. The smallest absolute Gasteiger partial charge is 0.194 e. The molecular weight excluding hydrogens is 340 g/mol. The molecule has 1 aromatic rings. The van der Waals surface area contributed by atoms with Crippen molar-refractivity contribution in [2.45, 2.75) is 19.9 Å². The third kappa shape index (κ3) is 5.56. The summed E-state index contributed by atoms with van der Waals surface area (Å²) in [6, 6.07) is 4.29. The number of likely N-dealkylation sites (tertiary alicyclic amines) is 1. The van der Waals surface area contributed by atoms with Gasteiger partial charge in [-0.3, -0.25) is 0 Å². The molecule has 1 atom stereocenters. The molecule has 2 saturated heterocycles. The number of anilines is 1. The van der Waals surface area contributed by atoms with Crippen LogP contribution in [0.25, 0.3) is 0 Å². The molecule has 2 aliphatic rings. The third-order valence-corrected chi connectivity index (χ3v) is 5.37. The van der Waals surface area contributed by atoms with Crippen LogP contribution in [-0.4, -0.2) is 87.3 Å². The number of pyridine rings is 1. The topological polar surface area (TPSA) is 56.2 Å². The van der Waals surface area contributed by atoms with Crippen molar-refractivity contribution in [1.82, 2.24) is 20.1 Å². The van der Waals surface area contributed by atoms with Gasteiger partial charge in [-0.2, -0.15) is 0 Å². The molecule has 0 saturated carbocycles. The average Bonchev–Trinajstić information content (AvgIpc) is 3.15. The highest BCUT2D eigenvalue weighted by molar-refractivity contribution is 5.80. The molecule has 150 valence electrons. The van der Waals surface area contributed by atoms with Gasteiger partial charge in [0.1, 0.15) is 5.82 Å². The Kier molecular flexibility index (Phi) is 7.29. The number of methoxy groups -OCH3 is 1. The van der Waals surface area contributed by atoms with E-state index in [1.807, 2.05) is 6.20 Å². The van der Waals surface area contributed by atoms with Gasteiger partial charge >= 0.3 is 0 Å². The molecule has 3 heterocycles. The first-order valence-electron chi connectivity index (χ1n) is 10.1. The predicted molar refractivity (Wildman–Crippen MR) is 110 cm³/mol. The third-order valence-electron chi connectivity index (χ3n) is 5.37. The predicted octanol–water partition coefficient (Wildman–Crippen LogP) is 1.27. The molecule has 1 N–H and O–H groups in total. The van der Waals surface area contributed by atoms with E-state index in [1.165, 1.54) is 6.42 Å². The number of hydrogen-bond acceptors (Lipinski definition) is 5. The van der Waals surface area contributed by atoms with Crippen LogP contribution in [0, 0.1) is 5.92 Å². The first kappa shape index (κ1) is 19.9. The molecule has 0 amide bonds. The molecule has 7 heteroatoms. The number of aromatic nitrogens is 1. The summed E-state index contributed by atoms with van der Waals surface area (Å²) in [7, 11) is 3.95. The highest BCUT2D eigenvalue weighted by Crippen LogP contribution is 2.17. The SMILES string of the molecule is CCNC(=NCc1ccc(N2CCN(C)CC2)nc1)N1CCC(COC)C1. The van der Waals surface area contributed by atoms with Crippen molar-refractivity contribution in [2.75, 3.05) is 71.5 Å². The van der Waals surface area contributed by atoms with Gasteiger partial charge in [-0.05, 0) is 32.0 Å². The zero-order chi connectivity index (χ0) is 19.1. The molecule has 2 fully saturated rings. The molecule has 0 spiro atoms. The normalized spacial score (nSPS) is 21.7. The number of aliphatic imine (C=N–C) groups is 1. The maximum absolute atomic E-state index is 5.31. The molecule has 0 radical (unpaired) electrons. The van der Waals surface area contributed by atoms with E-state index in [0.717, 1.165) is 69.8 Å². The quantitative estimate of drug-likeness (QED) is 0.598. The minimum absolute atomic E-state index is 0.600. The van der Waals surface area contributed by atoms with Crippen molar-refractivity contribution >= 4 is 11.8 Å². The summed E-state index contributed by atoms with van der Waals surface area (Å²) in [6.45, 7) is 10.8. The van der Waals surface area contributed by atoms with Crippen molar-refractivity contribution < 1.29 is 4.74 Å². The number of piperazine rings is 1. The van der Waals surface area contributed by atoms with E-state index < -0.39 is 0 Å². The maximum atomic E-state index is 5.31. The maximum Gasteiger partial charge on any atom is 0.194 e. The van der Waals surface area contributed by atoms with Crippen LogP contribution in [0.4, 0.5) is 5.82 Å². The highest BCUT2D eigenvalue weighted by atomic mass is 16.5. The van der Waals surface area contributed by atoms with Crippen LogP contribution >= 0.6 is 0 Å². The fraction of sp³-hybridized carbons (Fsp3) is 0.700. The number of hydrogen-bond donors (Lipinski definition) is 1. The van der Waals surface area contributed by atoms with Crippen LogP contribution in [0.5, 0.6) is 0 Å². The first-order valence-corrected chi connectivity index (χ1v) is 10.1. The van der Waals surface area contributed by atoms with Gasteiger partial charge < -0.3 is 24.8 Å². The van der Waals surface area contributed by atoms with E-state index in [1.54, 1.807) is 7.11 Å². The van der Waals surface area contributed by atoms with E-state index in [2.05, 4.69) is 51.1 Å². The number of likely N-dealkylation sites (N-methyl/N-ethyl adjacent to an activating group) is 1. The Bertz CT molecular complexity index is 597. The van der Waals surface area contributed by atoms with E-state index >= 15 is 0 Å². The Morgan fingerprint density at radius 2 is 2.07 bits per heavy atom. The van der Waals surface area contributed by atoms with Crippen LogP contribution < -0.4 is 10.2 Å². The van der Waals surface area contributed by atoms with Crippen molar-refractivity contribution in [2.24, 2.45) is 10.9 Å². The second-order valence-electron chi connectivity index (χ2n) is 7.54. The minimum Gasteiger partial charge on any atom is -0.384 e. The summed E-state index contributed by atoms with van der Waals surface area (Å²) < 4.78 is 5.31. The largest absolute Gasteiger partial charge is 0.384 e. The standard InChI is InChI=1S/C20H34N6O/c1-4-21-20(26-8-7-18(15-26)16-27-3)23-14-17-5-6-19(22-13-17)25-11-9-24(2)10-12-25/h5-6,13,18H,4,7-12,14-16H2,1-3H3,(H,21,23). The first-order chi connectivity index (χ1) is 13.2. The number of rotatable bonds is 6. The molecule has 7 nitrogen and oxygen atoms in total. The summed E-state index contributed by atoms with van der Waals surface area (Å²) in [5, 5.41) is 3.43. The van der Waals surface area contributed by atoms with Crippen molar-refractivity contribution in [3.63, 3.8) is 0 Å². The van der Waals surface area contributed by atoms with Gasteiger partial charge in [0, 0.05) is 65.0 Å². The van der Waals surface area contributed by atoms with Gasteiger partial charge in [-0.15, -0.1) is 0 Å². The van der Waals surface area contributed by atoms with E-state index in [9.17, 15) is 0 Å². The van der Waals surface area contributed by atoms with Gasteiger partial charge in [0.15, 0.2) is 5.96 Å². The zero-order valence-corrected chi connectivity index (χ0v) is 17.0. The molecule has 0 aromatic carbocycles. The summed E-state index contributed by atoms with van der Waals surface area (Å²) in [4.78, 5) is 16.6. The second kappa shape index (κ2) is 9.90. The summed E-state index contributed by atoms with van der Waals surface area (Å²) >= 11 is 0. The molecule has 27 heavy (non-hydrogen) atoms.